The van der Waals surface area contributed by atoms with Crippen LogP contribution in [0.15, 0.2) is 0 Å². The van der Waals surface area contributed by atoms with Gasteiger partial charge in [0.1, 0.15) is 11.7 Å². The van der Waals surface area contributed by atoms with Crippen molar-refractivity contribution in [1.29, 1.82) is 0 Å². The Morgan fingerprint density at radius 3 is 2.50 bits per heavy atom. The highest BCUT2D eigenvalue weighted by molar-refractivity contribution is 5.72. The lowest BCUT2D eigenvalue weighted by Crippen LogP contribution is -2.76. The van der Waals surface area contributed by atoms with Crippen LogP contribution in [0.5, 0.6) is 0 Å². The highest BCUT2D eigenvalue weighted by Gasteiger charge is 2.86. The van der Waals surface area contributed by atoms with E-state index in [1.165, 1.54) is 0 Å². The van der Waals surface area contributed by atoms with Crippen molar-refractivity contribution in [1.82, 2.24) is 4.90 Å². The van der Waals surface area contributed by atoms with Gasteiger partial charge in [-0.2, -0.15) is 0 Å². The summed E-state index contributed by atoms with van der Waals surface area (Å²) in [6.45, 7) is 11.1. The number of nitrogens with zero attached hydrogens (tertiary/aromatic N) is 1. The molecule has 7 fully saturated rings. The topological polar surface area (TPSA) is 160 Å². The summed E-state index contributed by atoms with van der Waals surface area (Å²) in [7, 11) is 0. The number of rotatable bonds is 3. The summed E-state index contributed by atoms with van der Waals surface area (Å²) in [4.78, 5) is 15.1. The van der Waals surface area contributed by atoms with Gasteiger partial charge in [0.2, 0.25) is 5.79 Å². The maximum absolute atomic E-state index is 12.8. The molecule has 3 heterocycles. The molecule has 7 aliphatic rings. The third-order valence-corrected chi connectivity index (χ3v) is 14.1. The third kappa shape index (κ3) is 3.36. The lowest BCUT2D eigenvalue weighted by molar-refractivity contribution is -0.297. The minimum absolute atomic E-state index is 0.117. The average molecular weight is 594 g/mol. The van der Waals surface area contributed by atoms with Gasteiger partial charge in [0.15, 0.2) is 6.10 Å². The van der Waals surface area contributed by atoms with Gasteiger partial charge in [-0.1, -0.05) is 27.7 Å². The van der Waals surface area contributed by atoms with Gasteiger partial charge < -0.3 is 40.1 Å². The van der Waals surface area contributed by atoms with E-state index in [4.69, 9.17) is 9.47 Å². The summed E-state index contributed by atoms with van der Waals surface area (Å²) in [5.41, 5.74) is -5.07. The van der Waals surface area contributed by atoms with Gasteiger partial charge in [-0.05, 0) is 69.6 Å². The lowest BCUT2D eigenvalue weighted by atomic mass is 9.49. The summed E-state index contributed by atoms with van der Waals surface area (Å²) in [5, 5.41) is 72.3. The molecule has 0 aromatic carbocycles. The highest BCUT2D eigenvalue weighted by atomic mass is 16.7. The molecule has 42 heavy (non-hydrogen) atoms. The monoisotopic (exact) mass is 593 g/mol. The molecule has 0 unspecified atom stereocenters. The quantitative estimate of drug-likeness (QED) is 0.258. The zero-order chi connectivity index (χ0) is 30.4. The first-order valence-corrected chi connectivity index (χ1v) is 16.4. The fraction of sp³-hybridized carbons (Fsp3) is 0.969. The minimum atomic E-state index is -1.89. The number of piperidine rings is 2. The van der Waals surface area contributed by atoms with Crippen LogP contribution in [0.3, 0.4) is 0 Å². The van der Waals surface area contributed by atoms with Crippen LogP contribution in [0.2, 0.25) is 0 Å². The van der Waals surface area contributed by atoms with E-state index < -0.39 is 82.1 Å². The third-order valence-electron chi connectivity index (χ3n) is 14.1. The molecule has 6 N–H and O–H groups in total. The predicted octanol–water partition coefficient (Wildman–Crippen LogP) is 0.783. The number of carbonyl (C=O) groups excluding carboxylic acids is 1. The van der Waals surface area contributed by atoms with Gasteiger partial charge >= 0.3 is 5.97 Å². The van der Waals surface area contributed by atoms with E-state index in [0.29, 0.717) is 31.7 Å². The summed E-state index contributed by atoms with van der Waals surface area (Å²) in [6, 6.07) is -0.152. The van der Waals surface area contributed by atoms with Crippen LogP contribution in [0, 0.1) is 46.8 Å². The molecule has 238 valence electrons. The first-order chi connectivity index (χ1) is 19.6. The molecule has 0 aromatic rings. The molecule has 7 rings (SSSR count). The van der Waals surface area contributed by atoms with Crippen molar-refractivity contribution in [3.63, 3.8) is 0 Å². The predicted molar refractivity (Wildman–Crippen MR) is 149 cm³/mol. The van der Waals surface area contributed by atoms with Crippen molar-refractivity contribution >= 4 is 5.97 Å². The maximum atomic E-state index is 12.8. The first-order valence-electron chi connectivity index (χ1n) is 16.4. The van der Waals surface area contributed by atoms with Crippen LogP contribution in [0.4, 0.5) is 0 Å². The Labute approximate surface area is 248 Å². The Hall–Kier alpha value is -0.850. The Bertz CT molecular complexity index is 1140. The molecule has 3 saturated heterocycles. The van der Waals surface area contributed by atoms with E-state index in [9.17, 15) is 35.4 Å². The summed E-state index contributed by atoms with van der Waals surface area (Å²) >= 11 is 0. The SMILES string of the molecule is CC[C@@H](C)C(=O)O[C@H]1CC[C@@]2(C)[C@@H]3C[C@@H](O)[C@H]4[C@]5(O)[C@@H](O)[C@H](O)[C@H]6[C@@H](CN7C[C@@H](C)CC[C@H]7[C@@]6(C)O)[C@@H]5C[C@@]42O[C@]13O. The van der Waals surface area contributed by atoms with E-state index in [0.717, 1.165) is 19.4 Å². The Morgan fingerprint density at radius 2 is 1.81 bits per heavy atom. The molecule has 17 atom stereocenters. The van der Waals surface area contributed by atoms with Gasteiger partial charge in [-0.15, -0.1) is 0 Å². The normalized spacial score (nSPS) is 60.6. The molecule has 4 saturated carbocycles. The van der Waals surface area contributed by atoms with Crippen molar-refractivity contribution in [2.75, 3.05) is 13.1 Å². The minimum Gasteiger partial charge on any atom is -0.456 e. The Balaban J connectivity index is 1.31. The van der Waals surface area contributed by atoms with Crippen molar-refractivity contribution in [3.8, 4) is 0 Å². The van der Waals surface area contributed by atoms with Crippen molar-refractivity contribution in [2.45, 2.75) is 133 Å². The fourth-order valence-corrected chi connectivity index (χ4v) is 11.9. The van der Waals surface area contributed by atoms with Crippen LogP contribution in [0.1, 0.15) is 79.6 Å². The van der Waals surface area contributed by atoms with E-state index in [1.807, 2.05) is 13.8 Å². The maximum Gasteiger partial charge on any atom is 0.309 e. The van der Waals surface area contributed by atoms with Crippen molar-refractivity contribution < 1.29 is 44.9 Å². The second kappa shape index (κ2) is 9.12. The Kier molecular flexibility index (Phi) is 6.48. The molecule has 4 bridgehead atoms. The van der Waals surface area contributed by atoms with Crippen LogP contribution < -0.4 is 0 Å². The zero-order valence-corrected chi connectivity index (χ0v) is 25.6. The number of carbonyl (C=O) groups is 1. The fourth-order valence-electron chi connectivity index (χ4n) is 11.9. The molecule has 10 heteroatoms. The van der Waals surface area contributed by atoms with E-state index in [1.54, 1.807) is 13.8 Å². The molecular formula is C32H51NO9. The van der Waals surface area contributed by atoms with Gasteiger partial charge in [0.25, 0.3) is 0 Å². The van der Waals surface area contributed by atoms with E-state index >= 15 is 0 Å². The molecule has 0 aromatic heterocycles. The van der Waals surface area contributed by atoms with Crippen molar-refractivity contribution in [2.24, 2.45) is 46.8 Å². The molecular weight excluding hydrogens is 542 g/mol. The molecule has 3 aliphatic heterocycles. The van der Waals surface area contributed by atoms with Gasteiger partial charge in [0, 0.05) is 42.3 Å². The summed E-state index contributed by atoms with van der Waals surface area (Å²) < 4.78 is 12.7. The van der Waals surface area contributed by atoms with Crippen LogP contribution in [0.25, 0.3) is 0 Å². The van der Waals surface area contributed by atoms with Gasteiger partial charge in [-0.3, -0.25) is 9.69 Å². The van der Waals surface area contributed by atoms with Crippen molar-refractivity contribution in [3.05, 3.63) is 0 Å². The van der Waals surface area contributed by atoms with E-state index in [2.05, 4.69) is 11.8 Å². The first kappa shape index (κ1) is 29.8. The number of hydrogen-bond acceptors (Lipinski definition) is 10. The lowest BCUT2D eigenvalue weighted by Gasteiger charge is -2.63. The zero-order valence-electron chi connectivity index (χ0n) is 25.6. The van der Waals surface area contributed by atoms with Gasteiger partial charge in [-0.25, -0.2) is 0 Å². The van der Waals surface area contributed by atoms with Crippen LogP contribution >= 0.6 is 0 Å². The number of aliphatic hydroxyl groups is 6. The summed E-state index contributed by atoms with van der Waals surface area (Å²) in [5.74, 6) is -5.24. The second-order valence-electron chi connectivity index (χ2n) is 16.0. The molecule has 0 radical (unpaired) electrons. The molecule has 4 aliphatic carbocycles. The smallest absolute Gasteiger partial charge is 0.309 e. The number of hydrogen-bond donors (Lipinski definition) is 6. The van der Waals surface area contributed by atoms with Gasteiger partial charge in [0.05, 0.1) is 29.3 Å². The standard InChI is InChI=1S/C32H51NO9/c1-6-16(3)27(37)41-22-9-10-28(4)20-11-19(34)25-30(28,42-32(20,22)40)12-18-17-14-33-13-15(2)7-8-21(33)29(5,38)23(17)24(35)26(36)31(18,25)39/h15-26,34-36,38-40H,6-14H2,1-5H3/t15-,16+,17-,18-,19+,20-,21-,22-,23+,24+,25+,26-,28-,29+,30+,31-,32-/m0/s1. The van der Waals surface area contributed by atoms with E-state index in [-0.39, 0.29) is 30.7 Å². The largest absolute Gasteiger partial charge is 0.456 e. The van der Waals surface area contributed by atoms with Crippen LogP contribution in [-0.2, 0) is 14.3 Å². The number of fused-ring (bicyclic) bond motifs is 5. The molecule has 1 spiro atoms. The number of esters is 1. The summed E-state index contributed by atoms with van der Waals surface area (Å²) in [6.07, 6.45) is -1.31. The Morgan fingerprint density at radius 1 is 1.10 bits per heavy atom. The number of ether oxygens (including phenoxy) is 2. The number of aliphatic hydroxyl groups excluding tert-OH is 3. The molecule has 0 amide bonds. The highest BCUT2D eigenvalue weighted by Crippen LogP contribution is 2.77. The second-order valence-corrected chi connectivity index (χ2v) is 16.0. The van der Waals surface area contributed by atoms with Crippen LogP contribution in [-0.4, -0.2) is 108 Å². The average Bonchev–Trinajstić information content (AvgIpc) is 3.21. The molecule has 10 nitrogen and oxygen atoms in total.